The minimum absolute atomic E-state index is 0.0175. The third-order valence-corrected chi connectivity index (χ3v) is 3.20. The predicted molar refractivity (Wildman–Crippen MR) is 86.5 cm³/mol. The molecule has 1 aliphatic heterocycles. The molecule has 2 amide bonds. The van der Waals surface area contributed by atoms with Crippen molar-refractivity contribution in [2.75, 3.05) is 13.2 Å². The Kier molecular flexibility index (Phi) is 5.43. The van der Waals surface area contributed by atoms with Crippen LogP contribution in [-0.4, -0.2) is 30.8 Å². The molecule has 24 heavy (non-hydrogen) atoms. The van der Waals surface area contributed by atoms with E-state index in [-0.39, 0.29) is 24.6 Å². The number of amides is 2. The fourth-order valence-corrected chi connectivity index (χ4v) is 2.10. The summed E-state index contributed by atoms with van der Waals surface area (Å²) in [6, 6.07) is 5.07. The first-order valence-electron chi connectivity index (χ1n) is 7.57. The van der Waals surface area contributed by atoms with Gasteiger partial charge in [0.1, 0.15) is 18.0 Å². The van der Waals surface area contributed by atoms with E-state index in [1.807, 2.05) is 0 Å². The lowest BCUT2D eigenvalue weighted by atomic mass is 10.1. The Labute approximate surface area is 140 Å². The lowest BCUT2D eigenvalue weighted by Crippen LogP contribution is -2.34. The zero-order valence-corrected chi connectivity index (χ0v) is 13.9. The molecular weight excluding hydrogens is 315 g/mol. The molecule has 0 saturated heterocycles. The van der Waals surface area contributed by atoms with Gasteiger partial charge in [-0.3, -0.25) is 4.79 Å². The summed E-state index contributed by atoms with van der Waals surface area (Å²) in [6.07, 6.45) is -0.223. The van der Waals surface area contributed by atoms with Crippen molar-refractivity contribution in [1.82, 2.24) is 10.6 Å². The maximum Gasteiger partial charge on any atom is 0.407 e. The molecule has 1 aliphatic rings. The maximum absolute atomic E-state index is 12.9. The number of rotatable bonds is 5. The van der Waals surface area contributed by atoms with Crippen LogP contribution < -0.4 is 15.4 Å². The number of nitrogens with one attached hydrogen (secondary N) is 2. The van der Waals surface area contributed by atoms with Crippen molar-refractivity contribution in [1.29, 1.82) is 0 Å². The standard InChI is InChI=1S/C17H21FN2O4/c1-17(2,3)24-16(22)20-8-11(7-18)10-23-13-4-5-14-12(6-13)9-19-15(14)21/h4-7H,8-10H2,1-3H3,(H,19,21)(H,20,22)/b11-7-. The number of benzene rings is 1. The Hall–Kier alpha value is -2.57. The molecule has 0 radical (unpaired) electrons. The summed E-state index contributed by atoms with van der Waals surface area (Å²) in [7, 11) is 0. The Balaban J connectivity index is 1.84. The highest BCUT2D eigenvalue weighted by Crippen LogP contribution is 2.22. The lowest BCUT2D eigenvalue weighted by molar-refractivity contribution is 0.0531. The minimum atomic E-state index is -0.621. The summed E-state index contributed by atoms with van der Waals surface area (Å²) in [4.78, 5) is 23.0. The van der Waals surface area contributed by atoms with Gasteiger partial charge < -0.3 is 20.1 Å². The van der Waals surface area contributed by atoms with Crippen LogP contribution >= 0.6 is 0 Å². The van der Waals surface area contributed by atoms with Crippen molar-refractivity contribution >= 4 is 12.0 Å². The van der Waals surface area contributed by atoms with Gasteiger partial charge >= 0.3 is 6.09 Å². The fourth-order valence-electron chi connectivity index (χ4n) is 2.10. The number of halogens is 1. The van der Waals surface area contributed by atoms with E-state index >= 15 is 0 Å². The number of ether oxygens (including phenoxy) is 2. The van der Waals surface area contributed by atoms with Crippen LogP contribution in [0.3, 0.4) is 0 Å². The quantitative estimate of drug-likeness (QED) is 0.867. The molecule has 1 aromatic carbocycles. The molecule has 0 aliphatic carbocycles. The van der Waals surface area contributed by atoms with E-state index in [4.69, 9.17) is 9.47 Å². The fraction of sp³-hybridized carbons (Fsp3) is 0.412. The number of fused-ring (bicyclic) bond motifs is 1. The lowest BCUT2D eigenvalue weighted by Gasteiger charge is -2.20. The topological polar surface area (TPSA) is 76.7 Å². The van der Waals surface area contributed by atoms with Crippen molar-refractivity contribution < 1.29 is 23.5 Å². The van der Waals surface area contributed by atoms with Crippen molar-refractivity contribution in [3.63, 3.8) is 0 Å². The second kappa shape index (κ2) is 7.33. The van der Waals surface area contributed by atoms with Gasteiger partial charge in [0.2, 0.25) is 0 Å². The normalized spacial score (nSPS) is 14.0. The van der Waals surface area contributed by atoms with E-state index in [9.17, 15) is 14.0 Å². The molecule has 1 aromatic rings. The van der Waals surface area contributed by atoms with Gasteiger partial charge in [0.15, 0.2) is 0 Å². The zero-order chi connectivity index (χ0) is 17.7. The van der Waals surface area contributed by atoms with Crippen LogP contribution in [0.5, 0.6) is 5.75 Å². The second-order valence-corrected chi connectivity index (χ2v) is 6.41. The molecule has 0 spiro atoms. The van der Waals surface area contributed by atoms with Gasteiger partial charge in [0, 0.05) is 24.2 Å². The highest BCUT2D eigenvalue weighted by molar-refractivity contribution is 5.98. The van der Waals surface area contributed by atoms with Crippen LogP contribution in [0.25, 0.3) is 0 Å². The summed E-state index contributed by atoms with van der Waals surface area (Å²) in [6.45, 7) is 5.65. The van der Waals surface area contributed by atoms with Crippen molar-refractivity contribution in [2.24, 2.45) is 0 Å². The van der Waals surface area contributed by atoms with Crippen LogP contribution in [0, 0.1) is 0 Å². The molecule has 1 heterocycles. The van der Waals surface area contributed by atoms with Gasteiger partial charge in [-0.2, -0.15) is 0 Å². The average molecular weight is 336 g/mol. The number of carbonyl (C=O) groups is 2. The first kappa shape index (κ1) is 17.8. The van der Waals surface area contributed by atoms with E-state index in [2.05, 4.69) is 10.6 Å². The number of carbonyl (C=O) groups excluding carboxylic acids is 2. The van der Waals surface area contributed by atoms with Gasteiger partial charge in [-0.05, 0) is 44.5 Å². The number of alkyl carbamates (subject to hydrolysis) is 1. The van der Waals surface area contributed by atoms with Gasteiger partial charge in [-0.15, -0.1) is 0 Å². The SMILES string of the molecule is CC(C)(C)OC(=O)NC/C(=C/F)COc1ccc2c(c1)CNC2=O. The zero-order valence-electron chi connectivity index (χ0n) is 13.9. The van der Waals surface area contributed by atoms with Crippen molar-refractivity contribution in [3.05, 3.63) is 41.2 Å². The smallest absolute Gasteiger partial charge is 0.407 e. The summed E-state index contributed by atoms with van der Waals surface area (Å²) < 4.78 is 23.5. The molecular formula is C17H21FN2O4. The number of hydrogen-bond acceptors (Lipinski definition) is 4. The first-order chi connectivity index (χ1) is 11.3. The molecule has 0 unspecified atom stereocenters. The summed E-state index contributed by atoms with van der Waals surface area (Å²) in [5, 5.41) is 5.18. The molecule has 0 bridgehead atoms. The van der Waals surface area contributed by atoms with Crippen LogP contribution in [-0.2, 0) is 11.3 Å². The van der Waals surface area contributed by atoms with Gasteiger partial charge in [-0.25, -0.2) is 9.18 Å². The molecule has 0 fully saturated rings. The van der Waals surface area contributed by atoms with E-state index in [1.54, 1.807) is 39.0 Å². The molecule has 0 saturated carbocycles. The van der Waals surface area contributed by atoms with Crippen LogP contribution in [0.1, 0.15) is 36.7 Å². The molecule has 2 rings (SSSR count). The van der Waals surface area contributed by atoms with E-state index in [1.165, 1.54) is 0 Å². The van der Waals surface area contributed by atoms with Crippen LogP contribution in [0.2, 0.25) is 0 Å². The Morgan fingerprint density at radius 2 is 2.17 bits per heavy atom. The molecule has 130 valence electrons. The van der Waals surface area contributed by atoms with Gasteiger partial charge in [-0.1, -0.05) is 0 Å². The second-order valence-electron chi connectivity index (χ2n) is 6.41. The monoisotopic (exact) mass is 336 g/mol. The maximum atomic E-state index is 12.9. The van der Waals surface area contributed by atoms with E-state index in [0.717, 1.165) is 5.56 Å². The third-order valence-electron chi connectivity index (χ3n) is 3.20. The van der Waals surface area contributed by atoms with Gasteiger partial charge in [0.25, 0.3) is 5.91 Å². The van der Waals surface area contributed by atoms with Crippen molar-refractivity contribution in [2.45, 2.75) is 32.9 Å². The van der Waals surface area contributed by atoms with E-state index in [0.29, 0.717) is 24.2 Å². The molecule has 2 N–H and O–H groups in total. The number of hydrogen-bond donors (Lipinski definition) is 2. The van der Waals surface area contributed by atoms with Crippen LogP contribution in [0.4, 0.5) is 9.18 Å². The van der Waals surface area contributed by atoms with Crippen LogP contribution in [0.15, 0.2) is 30.1 Å². The molecule has 6 nitrogen and oxygen atoms in total. The summed E-state index contributed by atoms with van der Waals surface area (Å²) in [5.74, 6) is 0.421. The van der Waals surface area contributed by atoms with Crippen molar-refractivity contribution in [3.8, 4) is 5.75 Å². The summed E-state index contributed by atoms with van der Waals surface area (Å²) >= 11 is 0. The average Bonchev–Trinajstić information content (AvgIpc) is 2.86. The predicted octanol–water partition coefficient (Wildman–Crippen LogP) is 2.69. The third kappa shape index (κ3) is 4.97. The molecule has 0 aromatic heterocycles. The first-order valence-corrected chi connectivity index (χ1v) is 7.57. The Bertz CT molecular complexity index is 665. The molecule has 7 heteroatoms. The summed E-state index contributed by atoms with van der Waals surface area (Å²) in [5.41, 5.74) is 1.11. The van der Waals surface area contributed by atoms with E-state index < -0.39 is 11.7 Å². The highest BCUT2D eigenvalue weighted by Gasteiger charge is 2.19. The molecule has 0 atom stereocenters. The highest BCUT2D eigenvalue weighted by atomic mass is 19.1. The minimum Gasteiger partial charge on any atom is -0.489 e. The van der Waals surface area contributed by atoms with Gasteiger partial charge in [0.05, 0.1) is 6.33 Å². The Morgan fingerprint density at radius 1 is 1.42 bits per heavy atom. The Morgan fingerprint density at radius 3 is 2.83 bits per heavy atom. The largest absolute Gasteiger partial charge is 0.489 e.